The largest absolute Gasteiger partial charge is 0.483 e. The van der Waals surface area contributed by atoms with Crippen molar-refractivity contribution >= 4 is 11.3 Å². The molecule has 0 fully saturated rings. The van der Waals surface area contributed by atoms with Crippen LogP contribution >= 0.6 is 11.3 Å². The molecule has 0 aliphatic carbocycles. The Balaban J connectivity index is 2.24. The minimum atomic E-state index is 0.771. The van der Waals surface area contributed by atoms with Gasteiger partial charge in [0.2, 0.25) is 0 Å². The van der Waals surface area contributed by atoms with Crippen molar-refractivity contribution < 1.29 is 4.74 Å². The van der Waals surface area contributed by atoms with Gasteiger partial charge in [-0.3, -0.25) is 0 Å². The summed E-state index contributed by atoms with van der Waals surface area (Å²) in [6, 6.07) is 4.10. The molecule has 1 heterocycles. The molecule has 0 saturated heterocycles. The van der Waals surface area contributed by atoms with Gasteiger partial charge in [-0.15, -0.1) is 11.3 Å². The van der Waals surface area contributed by atoms with Crippen LogP contribution in [0.5, 0.6) is 5.06 Å². The SMILES string of the molecule is Cc1ccc(OCCN(C)C)s1. The molecule has 12 heavy (non-hydrogen) atoms. The van der Waals surface area contributed by atoms with E-state index in [-0.39, 0.29) is 0 Å². The molecule has 0 aliphatic rings. The van der Waals surface area contributed by atoms with Crippen molar-refractivity contribution in [2.75, 3.05) is 27.2 Å². The average molecular weight is 185 g/mol. The number of hydrogen-bond acceptors (Lipinski definition) is 3. The first kappa shape index (κ1) is 9.55. The van der Waals surface area contributed by atoms with E-state index in [2.05, 4.69) is 17.9 Å². The Bertz CT molecular complexity index is 232. The fourth-order valence-corrected chi connectivity index (χ4v) is 1.55. The third kappa shape index (κ3) is 3.24. The number of hydrogen-bond donors (Lipinski definition) is 0. The summed E-state index contributed by atoms with van der Waals surface area (Å²) >= 11 is 1.70. The first-order valence-corrected chi connectivity index (χ1v) is 4.84. The van der Waals surface area contributed by atoms with Crippen molar-refractivity contribution in [2.24, 2.45) is 0 Å². The molecule has 68 valence electrons. The number of aryl methyl sites for hydroxylation is 1. The zero-order chi connectivity index (χ0) is 8.97. The van der Waals surface area contributed by atoms with Gasteiger partial charge in [-0.25, -0.2) is 0 Å². The maximum Gasteiger partial charge on any atom is 0.174 e. The van der Waals surface area contributed by atoms with Gasteiger partial charge >= 0.3 is 0 Å². The van der Waals surface area contributed by atoms with Gasteiger partial charge in [0.05, 0.1) is 0 Å². The highest BCUT2D eigenvalue weighted by atomic mass is 32.1. The van der Waals surface area contributed by atoms with Crippen LogP contribution in [-0.4, -0.2) is 32.1 Å². The predicted molar refractivity (Wildman–Crippen MR) is 53.1 cm³/mol. The third-order valence-electron chi connectivity index (χ3n) is 1.50. The molecule has 1 rings (SSSR count). The Morgan fingerprint density at radius 1 is 1.42 bits per heavy atom. The lowest BCUT2D eigenvalue weighted by Crippen LogP contribution is -2.19. The minimum Gasteiger partial charge on any atom is -0.483 e. The van der Waals surface area contributed by atoms with Crippen LogP contribution in [0.25, 0.3) is 0 Å². The van der Waals surface area contributed by atoms with E-state index in [1.165, 1.54) is 4.88 Å². The number of ether oxygens (including phenoxy) is 1. The van der Waals surface area contributed by atoms with Crippen LogP contribution in [0.15, 0.2) is 12.1 Å². The van der Waals surface area contributed by atoms with Crippen molar-refractivity contribution in [2.45, 2.75) is 6.92 Å². The van der Waals surface area contributed by atoms with Gasteiger partial charge in [-0.1, -0.05) is 0 Å². The van der Waals surface area contributed by atoms with Crippen LogP contribution in [0.1, 0.15) is 4.88 Å². The van der Waals surface area contributed by atoms with Crippen molar-refractivity contribution in [3.8, 4) is 5.06 Å². The van der Waals surface area contributed by atoms with Gasteiger partial charge in [-0.2, -0.15) is 0 Å². The molecule has 0 aliphatic heterocycles. The van der Waals surface area contributed by atoms with Crippen molar-refractivity contribution in [1.82, 2.24) is 4.90 Å². The van der Waals surface area contributed by atoms with Crippen molar-refractivity contribution in [3.05, 3.63) is 17.0 Å². The van der Waals surface area contributed by atoms with E-state index in [0.717, 1.165) is 18.2 Å². The smallest absolute Gasteiger partial charge is 0.174 e. The first-order valence-electron chi connectivity index (χ1n) is 4.02. The van der Waals surface area contributed by atoms with Crippen molar-refractivity contribution in [1.29, 1.82) is 0 Å². The summed E-state index contributed by atoms with van der Waals surface area (Å²) in [5.41, 5.74) is 0. The van der Waals surface area contributed by atoms with E-state index >= 15 is 0 Å². The molecule has 0 amide bonds. The van der Waals surface area contributed by atoms with Crippen LogP contribution in [0.3, 0.4) is 0 Å². The zero-order valence-corrected chi connectivity index (χ0v) is 8.65. The number of likely N-dealkylation sites (N-methyl/N-ethyl adjacent to an activating group) is 1. The summed E-state index contributed by atoms with van der Waals surface area (Å²) < 4.78 is 5.51. The zero-order valence-electron chi connectivity index (χ0n) is 7.83. The lowest BCUT2D eigenvalue weighted by Gasteiger charge is -2.08. The molecule has 0 radical (unpaired) electrons. The predicted octanol–water partition coefficient (Wildman–Crippen LogP) is 2.00. The highest BCUT2D eigenvalue weighted by Crippen LogP contribution is 2.22. The van der Waals surface area contributed by atoms with E-state index in [4.69, 9.17) is 4.74 Å². The normalized spacial score (nSPS) is 10.7. The molecule has 0 bridgehead atoms. The molecule has 0 N–H and O–H groups in total. The second-order valence-electron chi connectivity index (χ2n) is 3.02. The van der Waals surface area contributed by atoms with Gasteiger partial charge in [0.25, 0.3) is 0 Å². The Labute approximate surface area is 77.8 Å². The standard InChI is InChI=1S/C9H15NOS/c1-8-4-5-9(12-8)11-7-6-10(2)3/h4-5H,6-7H2,1-3H3. The molecule has 0 atom stereocenters. The lowest BCUT2D eigenvalue weighted by molar-refractivity contribution is 0.267. The summed E-state index contributed by atoms with van der Waals surface area (Å²) in [5.74, 6) is 0. The molecule has 0 aromatic carbocycles. The van der Waals surface area contributed by atoms with Crippen LogP contribution in [0, 0.1) is 6.92 Å². The lowest BCUT2D eigenvalue weighted by atomic mass is 10.5. The Kier molecular flexibility index (Phi) is 3.56. The summed E-state index contributed by atoms with van der Waals surface area (Å²) in [7, 11) is 4.09. The van der Waals surface area contributed by atoms with Gasteiger partial charge in [0.15, 0.2) is 5.06 Å². The van der Waals surface area contributed by atoms with E-state index in [0.29, 0.717) is 0 Å². The minimum absolute atomic E-state index is 0.771. The summed E-state index contributed by atoms with van der Waals surface area (Å²) in [6.45, 7) is 3.83. The Hall–Kier alpha value is -0.540. The Morgan fingerprint density at radius 2 is 2.17 bits per heavy atom. The molecule has 1 aromatic heterocycles. The molecule has 0 spiro atoms. The van der Waals surface area contributed by atoms with E-state index in [1.54, 1.807) is 11.3 Å². The summed E-state index contributed by atoms with van der Waals surface area (Å²) in [5, 5.41) is 1.02. The summed E-state index contributed by atoms with van der Waals surface area (Å²) in [6.07, 6.45) is 0. The molecule has 3 heteroatoms. The van der Waals surface area contributed by atoms with Crippen LogP contribution in [0.2, 0.25) is 0 Å². The quantitative estimate of drug-likeness (QED) is 0.711. The van der Waals surface area contributed by atoms with Gasteiger partial charge in [0, 0.05) is 11.4 Å². The van der Waals surface area contributed by atoms with Gasteiger partial charge in [-0.05, 0) is 33.2 Å². The molecule has 0 unspecified atom stereocenters. The fourth-order valence-electron chi connectivity index (χ4n) is 0.818. The number of nitrogens with zero attached hydrogens (tertiary/aromatic N) is 1. The molecular formula is C9H15NOS. The van der Waals surface area contributed by atoms with E-state index in [9.17, 15) is 0 Å². The van der Waals surface area contributed by atoms with Crippen LogP contribution in [-0.2, 0) is 0 Å². The molecular weight excluding hydrogens is 170 g/mol. The maximum absolute atomic E-state index is 5.51. The second-order valence-corrected chi connectivity index (χ2v) is 4.27. The molecule has 1 aromatic rings. The second kappa shape index (κ2) is 4.48. The Morgan fingerprint density at radius 3 is 2.67 bits per heavy atom. The van der Waals surface area contributed by atoms with E-state index in [1.807, 2.05) is 20.2 Å². The fraction of sp³-hybridized carbons (Fsp3) is 0.556. The topological polar surface area (TPSA) is 12.5 Å². The van der Waals surface area contributed by atoms with Gasteiger partial charge < -0.3 is 9.64 Å². The van der Waals surface area contributed by atoms with Crippen molar-refractivity contribution in [3.63, 3.8) is 0 Å². The third-order valence-corrected chi connectivity index (χ3v) is 2.41. The monoisotopic (exact) mass is 185 g/mol. The molecule has 0 saturated carbocycles. The highest BCUT2D eigenvalue weighted by Gasteiger charge is 1.96. The molecule has 2 nitrogen and oxygen atoms in total. The maximum atomic E-state index is 5.51. The average Bonchev–Trinajstić information content (AvgIpc) is 2.35. The highest BCUT2D eigenvalue weighted by molar-refractivity contribution is 7.13. The van der Waals surface area contributed by atoms with E-state index < -0.39 is 0 Å². The number of thiophene rings is 1. The van der Waals surface area contributed by atoms with Gasteiger partial charge in [0.1, 0.15) is 6.61 Å². The first-order chi connectivity index (χ1) is 5.68. The summed E-state index contributed by atoms with van der Waals surface area (Å²) in [4.78, 5) is 3.41. The van der Waals surface area contributed by atoms with Crippen LogP contribution in [0.4, 0.5) is 0 Å². The number of rotatable bonds is 4. The van der Waals surface area contributed by atoms with Crippen LogP contribution < -0.4 is 4.74 Å².